The maximum absolute atomic E-state index is 9.12. The van der Waals surface area contributed by atoms with Gasteiger partial charge < -0.3 is 9.67 Å². The van der Waals surface area contributed by atoms with Crippen LogP contribution in [-0.4, -0.2) is 14.7 Å². The first-order valence-electron chi connectivity index (χ1n) is 4.51. The highest BCUT2D eigenvalue weighted by Crippen LogP contribution is 2.20. The van der Waals surface area contributed by atoms with Crippen LogP contribution in [0, 0.1) is 0 Å². The van der Waals surface area contributed by atoms with Gasteiger partial charge in [-0.05, 0) is 25.1 Å². The largest absolute Gasteiger partial charge is 0.388 e. The van der Waals surface area contributed by atoms with Crippen LogP contribution in [0.2, 0.25) is 0 Å². The van der Waals surface area contributed by atoms with E-state index in [4.69, 9.17) is 5.11 Å². The van der Waals surface area contributed by atoms with Crippen LogP contribution in [0.3, 0.4) is 0 Å². The first-order chi connectivity index (χ1) is 6.76. The number of aliphatic hydroxyl groups excluding tert-OH is 1. The zero-order valence-electron chi connectivity index (χ0n) is 7.87. The normalized spacial score (nSPS) is 11.1. The highest BCUT2D eigenvalue weighted by Gasteiger charge is 2.07. The number of hydrogen-bond donors (Lipinski definition) is 1. The molecule has 0 unspecified atom stereocenters. The van der Waals surface area contributed by atoms with Crippen molar-refractivity contribution < 1.29 is 5.11 Å². The van der Waals surface area contributed by atoms with Gasteiger partial charge in [-0.3, -0.25) is 0 Å². The molecule has 0 saturated carbocycles. The second-order valence-electron chi connectivity index (χ2n) is 3.06. The summed E-state index contributed by atoms with van der Waals surface area (Å²) < 4.78 is 3.03. The Balaban J connectivity index is 2.73. The summed E-state index contributed by atoms with van der Waals surface area (Å²) in [5, 5.41) is 9.12. The van der Waals surface area contributed by atoms with Crippen LogP contribution >= 0.6 is 15.9 Å². The number of imidazole rings is 1. The number of benzene rings is 1. The van der Waals surface area contributed by atoms with Crippen molar-refractivity contribution in [2.24, 2.45) is 0 Å². The summed E-state index contributed by atoms with van der Waals surface area (Å²) in [6, 6.07) is 5.95. The summed E-state index contributed by atoms with van der Waals surface area (Å²) >= 11 is 3.40. The van der Waals surface area contributed by atoms with E-state index in [0.29, 0.717) is 0 Å². The quantitative estimate of drug-likeness (QED) is 0.894. The third kappa shape index (κ3) is 1.44. The fourth-order valence-electron chi connectivity index (χ4n) is 1.63. The van der Waals surface area contributed by atoms with Gasteiger partial charge >= 0.3 is 0 Å². The molecule has 0 aliphatic carbocycles. The molecule has 3 nitrogen and oxygen atoms in total. The molecule has 0 aliphatic rings. The maximum atomic E-state index is 9.12. The Hall–Kier alpha value is -0.870. The van der Waals surface area contributed by atoms with Crippen LogP contribution < -0.4 is 0 Å². The van der Waals surface area contributed by atoms with Crippen LogP contribution in [0.5, 0.6) is 0 Å². The van der Waals surface area contributed by atoms with Crippen LogP contribution in [0.4, 0.5) is 0 Å². The molecule has 0 amide bonds. The highest BCUT2D eigenvalue weighted by molar-refractivity contribution is 9.10. The summed E-state index contributed by atoms with van der Waals surface area (Å²) in [6.07, 6.45) is 0. The molecule has 0 saturated heterocycles. The fourth-order valence-corrected chi connectivity index (χ4v) is 1.98. The lowest BCUT2D eigenvalue weighted by Gasteiger charge is -2.02. The van der Waals surface area contributed by atoms with Gasteiger partial charge in [-0.25, -0.2) is 4.98 Å². The van der Waals surface area contributed by atoms with Crippen molar-refractivity contribution in [2.75, 3.05) is 0 Å². The number of aliphatic hydroxyl groups is 1. The second-order valence-corrected chi connectivity index (χ2v) is 3.98. The van der Waals surface area contributed by atoms with Gasteiger partial charge in [-0.15, -0.1) is 0 Å². The van der Waals surface area contributed by atoms with E-state index in [2.05, 4.69) is 20.9 Å². The Labute approximate surface area is 90.5 Å². The lowest BCUT2D eigenvalue weighted by molar-refractivity contribution is 0.266. The monoisotopic (exact) mass is 254 g/mol. The number of aromatic nitrogens is 2. The van der Waals surface area contributed by atoms with Gasteiger partial charge in [0.15, 0.2) is 0 Å². The fraction of sp³-hybridized carbons (Fsp3) is 0.300. The predicted octanol–water partition coefficient (Wildman–Crippen LogP) is 2.31. The van der Waals surface area contributed by atoms with E-state index >= 15 is 0 Å². The van der Waals surface area contributed by atoms with Crippen LogP contribution in [0.15, 0.2) is 22.7 Å². The van der Waals surface area contributed by atoms with Gasteiger partial charge in [0.25, 0.3) is 0 Å². The van der Waals surface area contributed by atoms with Crippen LogP contribution in [-0.2, 0) is 13.2 Å². The number of rotatable bonds is 2. The van der Waals surface area contributed by atoms with Gasteiger partial charge in [0.2, 0.25) is 0 Å². The van der Waals surface area contributed by atoms with E-state index in [9.17, 15) is 0 Å². The van der Waals surface area contributed by atoms with E-state index in [1.807, 2.05) is 29.7 Å². The summed E-state index contributed by atoms with van der Waals surface area (Å²) in [5.41, 5.74) is 1.99. The minimum atomic E-state index is -0.0138. The SMILES string of the molecule is CCn1c(CO)nc2cc(Br)ccc21. The number of halogens is 1. The summed E-state index contributed by atoms with van der Waals surface area (Å²) in [6.45, 7) is 2.86. The van der Waals surface area contributed by atoms with E-state index in [-0.39, 0.29) is 6.61 Å². The predicted molar refractivity (Wildman–Crippen MR) is 59.0 cm³/mol. The van der Waals surface area contributed by atoms with Crippen LogP contribution in [0.1, 0.15) is 12.7 Å². The van der Waals surface area contributed by atoms with Crippen molar-refractivity contribution in [1.29, 1.82) is 0 Å². The molecule has 0 atom stereocenters. The molecule has 2 rings (SSSR count). The molecule has 4 heteroatoms. The Morgan fingerprint density at radius 2 is 2.29 bits per heavy atom. The molecule has 74 valence electrons. The Kier molecular flexibility index (Phi) is 2.56. The second kappa shape index (κ2) is 3.71. The van der Waals surface area contributed by atoms with E-state index in [1.54, 1.807) is 0 Å². The molecule has 0 spiro atoms. The lowest BCUT2D eigenvalue weighted by Crippen LogP contribution is -2.00. The molecule has 0 bridgehead atoms. The maximum Gasteiger partial charge on any atom is 0.135 e. The standard InChI is InChI=1S/C10H11BrN2O/c1-2-13-9-4-3-7(11)5-8(9)12-10(13)6-14/h3-5,14H,2,6H2,1H3. The molecular formula is C10H11BrN2O. The minimum absolute atomic E-state index is 0.0138. The van der Waals surface area contributed by atoms with Crippen molar-refractivity contribution >= 4 is 27.0 Å². The zero-order valence-corrected chi connectivity index (χ0v) is 9.45. The Morgan fingerprint density at radius 3 is 2.93 bits per heavy atom. The van der Waals surface area contributed by atoms with Gasteiger partial charge in [-0.2, -0.15) is 0 Å². The van der Waals surface area contributed by atoms with E-state index < -0.39 is 0 Å². The Bertz CT molecular complexity index is 464. The average molecular weight is 255 g/mol. The topological polar surface area (TPSA) is 38.0 Å². The average Bonchev–Trinajstić information content (AvgIpc) is 2.54. The van der Waals surface area contributed by atoms with Gasteiger partial charge in [0.05, 0.1) is 11.0 Å². The van der Waals surface area contributed by atoms with Crippen molar-refractivity contribution in [2.45, 2.75) is 20.1 Å². The van der Waals surface area contributed by atoms with Gasteiger partial charge in [0, 0.05) is 11.0 Å². The van der Waals surface area contributed by atoms with Crippen LogP contribution in [0.25, 0.3) is 11.0 Å². The van der Waals surface area contributed by atoms with E-state index in [0.717, 1.165) is 27.9 Å². The van der Waals surface area contributed by atoms with Crippen molar-refractivity contribution in [3.63, 3.8) is 0 Å². The molecule has 2 aromatic rings. The molecule has 1 aromatic heterocycles. The van der Waals surface area contributed by atoms with Gasteiger partial charge in [0.1, 0.15) is 12.4 Å². The third-order valence-electron chi connectivity index (χ3n) is 2.25. The zero-order chi connectivity index (χ0) is 10.1. The number of fused-ring (bicyclic) bond motifs is 1. The first-order valence-corrected chi connectivity index (χ1v) is 5.31. The third-order valence-corrected chi connectivity index (χ3v) is 2.74. The molecule has 1 aromatic carbocycles. The van der Waals surface area contributed by atoms with Crippen molar-refractivity contribution in [3.05, 3.63) is 28.5 Å². The number of nitrogens with zero attached hydrogens (tertiary/aromatic N) is 2. The lowest BCUT2D eigenvalue weighted by atomic mass is 10.3. The Morgan fingerprint density at radius 1 is 1.50 bits per heavy atom. The molecule has 1 heterocycles. The van der Waals surface area contributed by atoms with Gasteiger partial charge in [-0.1, -0.05) is 15.9 Å². The molecular weight excluding hydrogens is 244 g/mol. The molecule has 0 fully saturated rings. The number of aryl methyl sites for hydroxylation is 1. The summed E-state index contributed by atoms with van der Waals surface area (Å²) in [4.78, 5) is 4.35. The van der Waals surface area contributed by atoms with Crippen molar-refractivity contribution in [3.8, 4) is 0 Å². The number of hydrogen-bond acceptors (Lipinski definition) is 2. The molecule has 0 radical (unpaired) electrons. The smallest absolute Gasteiger partial charge is 0.135 e. The molecule has 14 heavy (non-hydrogen) atoms. The summed E-state index contributed by atoms with van der Waals surface area (Å²) in [5.74, 6) is 0.723. The molecule has 1 N–H and O–H groups in total. The van der Waals surface area contributed by atoms with Crippen molar-refractivity contribution in [1.82, 2.24) is 9.55 Å². The highest BCUT2D eigenvalue weighted by atomic mass is 79.9. The molecule has 0 aliphatic heterocycles. The summed E-state index contributed by atoms with van der Waals surface area (Å²) in [7, 11) is 0. The first kappa shape index (κ1) is 9.68. The van der Waals surface area contributed by atoms with E-state index in [1.165, 1.54) is 0 Å². The minimum Gasteiger partial charge on any atom is -0.388 e.